The fourth-order valence-corrected chi connectivity index (χ4v) is 0.774. The van der Waals surface area contributed by atoms with Crippen molar-refractivity contribution in [2.24, 2.45) is 5.92 Å². The van der Waals surface area contributed by atoms with Gasteiger partial charge in [-0.3, -0.25) is 0 Å². The summed E-state index contributed by atoms with van der Waals surface area (Å²) in [4.78, 5) is 0. The van der Waals surface area contributed by atoms with Crippen LogP contribution in [0.5, 0.6) is 0 Å². The molecule has 0 spiro atoms. The van der Waals surface area contributed by atoms with E-state index in [4.69, 9.17) is 0 Å². The summed E-state index contributed by atoms with van der Waals surface area (Å²) in [6.07, 6.45) is 8.47. The maximum absolute atomic E-state index is 2.20. The van der Waals surface area contributed by atoms with E-state index in [0.717, 1.165) is 0 Å². The summed E-state index contributed by atoms with van der Waals surface area (Å²) in [6, 6.07) is 0. The van der Waals surface area contributed by atoms with Crippen LogP contribution in [0.4, 0.5) is 0 Å². The minimum Gasteiger partial charge on any atom is -0.0731 e. The maximum Gasteiger partial charge on any atom is 0.0219 e. The molecular weight excluding hydrogens is 96.1 g/mol. The van der Waals surface area contributed by atoms with Crippen LogP contribution in [0.25, 0.3) is 0 Å². The van der Waals surface area contributed by atoms with Crippen LogP contribution in [0.15, 0.2) is 24.3 Å². The average molecular weight is 107 g/mol. The van der Waals surface area contributed by atoms with Crippen LogP contribution in [0, 0.1) is 11.8 Å². The summed E-state index contributed by atoms with van der Waals surface area (Å²) >= 11 is 0. The molecule has 0 bridgehead atoms. The minimum atomic E-state index is 0.685. The molecule has 0 N–H and O–H groups in total. The summed E-state index contributed by atoms with van der Waals surface area (Å²) in [5.41, 5.74) is 0. The van der Waals surface area contributed by atoms with Crippen LogP contribution >= 0.6 is 0 Å². The Morgan fingerprint density at radius 2 is 1.62 bits per heavy atom. The molecule has 0 amide bonds. The van der Waals surface area contributed by atoms with Crippen LogP contribution in [-0.2, 0) is 0 Å². The Balaban J connectivity index is 2.49. The second-order valence-corrected chi connectivity index (χ2v) is 2.37. The molecule has 0 saturated carbocycles. The number of rotatable bonds is 1. The first kappa shape index (κ1) is 5.61. The van der Waals surface area contributed by atoms with E-state index in [0.29, 0.717) is 5.92 Å². The number of allylic oxidation sites excluding steroid dienone is 4. The molecule has 0 fully saturated rings. The van der Waals surface area contributed by atoms with Crippen LogP contribution < -0.4 is 0 Å². The molecule has 0 aromatic rings. The van der Waals surface area contributed by atoms with E-state index in [1.54, 1.807) is 0 Å². The van der Waals surface area contributed by atoms with E-state index in [1.807, 2.05) is 0 Å². The smallest absolute Gasteiger partial charge is 0.0219 e. The summed E-state index contributed by atoms with van der Waals surface area (Å²) in [5.74, 6) is 2.12. The van der Waals surface area contributed by atoms with Crippen LogP contribution in [0.1, 0.15) is 13.8 Å². The van der Waals surface area contributed by atoms with Gasteiger partial charge in [0, 0.05) is 5.92 Å². The summed E-state index contributed by atoms with van der Waals surface area (Å²) in [5, 5.41) is 0. The van der Waals surface area contributed by atoms with Crippen LogP contribution in [0.2, 0.25) is 0 Å². The Hall–Kier alpha value is -0.520. The summed E-state index contributed by atoms with van der Waals surface area (Å²) in [6.45, 7) is 4.41. The van der Waals surface area contributed by atoms with E-state index in [9.17, 15) is 0 Å². The summed E-state index contributed by atoms with van der Waals surface area (Å²) in [7, 11) is 0. The molecule has 0 heteroatoms. The van der Waals surface area contributed by atoms with Gasteiger partial charge < -0.3 is 0 Å². The van der Waals surface area contributed by atoms with Crippen molar-refractivity contribution in [2.75, 3.05) is 0 Å². The molecule has 1 rings (SSSR count). The quantitative estimate of drug-likeness (QED) is 0.482. The Morgan fingerprint density at radius 3 is 1.88 bits per heavy atom. The molecule has 1 aliphatic rings. The lowest BCUT2D eigenvalue weighted by Gasteiger charge is -2.06. The molecule has 0 aliphatic heterocycles. The van der Waals surface area contributed by atoms with Crippen molar-refractivity contribution in [3.05, 3.63) is 30.2 Å². The van der Waals surface area contributed by atoms with Gasteiger partial charge in [-0.25, -0.2) is 0 Å². The van der Waals surface area contributed by atoms with Gasteiger partial charge in [0.05, 0.1) is 0 Å². The van der Waals surface area contributed by atoms with Gasteiger partial charge in [-0.05, 0) is 5.92 Å². The zero-order valence-electron chi connectivity index (χ0n) is 5.39. The standard InChI is InChI=1S/C8H11/c1-7(2)8-5-3-4-6-8/h3-7H,1-2H3. The van der Waals surface area contributed by atoms with Gasteiger partial charge in [-0.1, -0.05) is 38.2 Å². The van der Waals surface area contributed by atoms with Crippen molar-refractivity contribution >= 4 is 0 Å². The van der Waals surface area contributed by atoms with Gasteiger partial charge in [0.2, 0.25) is 0 Å². The molecule has 43 valence electrons. The highest BCUT2D eigenvalue weighted by atomic mass is 14.1. The third-order valence-electron chi connectivity index (χ3n) is 1.36. The Labute approximate surface area is 50.9 Å². The van der Waals surface area contributed by atoms with E-state index < -0.39 is 0 Å². The van der Waals surface area contributed by atoms with Crippen molar-refractivity contribution in [1.82, 2.24) is 0 Å². The van der Waals surface area contributed by atoms with Crippen molar-refractivity contribution < 1.29 is 0 Å². The predicted octanol–water partition coefficient (Wildman–Crippen LogP) is 2.34. The van der Waals surface area contributed by atoms with Gasteiger partial charge in [0.15, 0.2) is 0 Å². The lowest BCUT2D eigenvalue weighted by Crippen LogP contribution is -1.95. The molecule has 8 heavy (non-hydrogen) atoms. The second kappa shape index (κ2) is 2.17. The van der Waals surface area contributed by atoms with Crippen molar-refractivity contribution in [1.29, 1.82) is 0 Å². The monoisotopic (exact) mass is 107 g/mol. The Morgan fingerprint density at radius 1 is 1.12 bits per heavy atom. The molecule has 1 aliphatic carbocycles. The number of hydrogen-bond donors (Lipinski definition) is 0. The Bertz CT molecular complexity index is 106. The average Bonchev–Trinajstić information content (AvgIpc) is 2.12. The van der Waals surface area contributed by atoms with Crippen LogP contribution in [-0.4, -0.2) is 0 Å². The van der Waals surface area contributed by atoms with E-state index in [-0.39, 0.29) is 0 Å². The van der Waals surface area contributed by atoms with Gasteiger partial charge in [0.1, 0.15) is 0 Å². The van der Waals surface area contributed by atoms with Crippen molar-refractivity contribution in [3.8, 4) is 0 Å². The minimum absolute atomic E-state index is 0.685. The topological polar surface area (TPSA) is 0 Å². The highest BCUT2D eigenvalue weighted by Crippen LogP contribution is 2.20. The fourth-order valence-electron chi connectivity index (χ4n) is 0.774. The summed E-state index contributed by atoms with van der Waals surface area (Å²) < 4.78 is 0. The largest absolute Gasteiger partial charge is 0.0731 e. The van der Waals surface area contributed by atoms with Crippen molar-refractivity contribution in [3.63, 3.8) is 0 Å². The fraction of sp³-hybridized carbons (Fsp3) is 0.375. The lowest BCUT2D eigenvalue weighted by molar-refractivity contribution is 0.734. The molecule has 0 aromatic heterocycles. The highest BCUT2D eigenvalue weighted by molar-refractivity contribution is 5.34. The zero-order valence-corrected chi connectivity index (χ0v) is 5.39. The third kappa shape index (κ3) is 1.00. The molecule has 0 nitrogen and oxygen atoms in total. The predicted molar refractivity (Wildman–Crippen MR) is 36.4 cm³/mol. The van der Waals surface area contributed by atoms with E-state index >= 15 is 0 Å². The van der Waals surface area contributed by atoms with Crippen molar-refractivity contribution in [2.45, 2.75) is 13.8 Å². The molecule has 0 unspecified atom stereocenters. The molecule has 0 heterocycles. The molecular formula is C8H11. The maximum atomic E-state index is 2.20. The Kier molecular flexibility index (Phi) is 1.52. The first-order chi connectivity index (χ1) is 3.80. The van der Waals surface area contributed by atoms with E-state index in [1.165, 1.54) is 5.92 Å². The first-order valence-electron chi connectivity index (χ1n) is 3.02. The van der Waals surface area contributed by atoms with E-state index in [2.05, 4.69) is 38.2 Å². The van der Waals surface area contributed by atoms with Gasteiger partial charge in [-0.2, -0.15) is 0 Å². The van der Waals surface area contributed by atoms with Crippen LogP contribution in [0.3, 0.4) is 0 Å². The third-order valence-corrected chi connectivity index (χ3v) is 1.36. The second-order valence-electron chi connectivity index (χ2n) is 2.37. The molecule has 0 aromatic carbocycles. The first-order valence-corrected chi connectivity index (χ1v) is 3.02. The van der Waals surface area contributed by atoms with Gasteiger partial charge >= 0.3 is 0 Å². The van der Waals surface area contributed by atoms with Gasteiger partial charge in [0.25, 0.3) is 0 Å². The highest BCUT2D eigenvalue weighted by Gasteiger charge is 2.07. The van der Waals surface area contributed by atoms with Gasteiger partial charge in [-0.15, -0.1) is 0 Å². The molecule has 0 saturated heterocycles. The molecule has 1 radical (unpaired) electrons. The number of hydrogen-bond acceptors (Lipinski definition) is 0. The normalized spacial score (nSPS) is 18.9. The molecule has 0 atom stereocenters. The SMILES string of the molecule is CC(C)[C]1C=CC=C1. The lowest BCUT2D eigenvalue weighted by atomic mass is 9.98. The zero-order chi connectivity index (χ0) is 5.98.